The molecule has 0 aromatic carbocycles. The maximum atomic E-state index is 13.5. The van der Waals surface area contributed by atoms with Crippen LogP contribution in [0, 0.1) is 0 Å². The van der Waals surface area contributed by atoms with Gasteiger partial charge in [0.05, 0.1) is 39.5 Å². The van der Waals surface area contributed by atoms with Crippen molar-refractivity contribution in [3.05, 3.63) is 10.4 Å². The molecule has 0 aromatic rings. The molecule has 0 aliphatic heterocycles. The summed E-state index contributed by atoms with van der Waals surface area (Å²) < 4.78 is 113. The van der Waals surface area contributed by atoms with Gasteiger partial charge in [-0.05, 0) is 18.4 Å². The van der Waals surface area contributed by atoms with Crippen LogP contribution in [0.1, 0.15) is 96.3 Å². The average molecular weight is 1060 g/mol. The van der Waals surface area contributed by atoms with E-state index in [9.17, 15) is 58.7 Å². The fourth-order valence-electron chi connectivity index (χ4n) is 5.00. The van der Waals surface area contributed by atoms with Crippen molar-refractivity contribution in [2.24, 2.45) is 5.11 Å². The number of carboxylic acid groups (broad SMARTS) is 3. The van der Waals surface area contributed by atoms with Gasteiger partial charge in [0.15, 0.2) is 0 Å². The van der Waals surface area contributed by atoms with E-state index in [-0.39, 0.29) is 51.4 Å². The minimum Gasteiger partial charge on any atom is -0.542 e. The number of rotatable bonds is 39. The van der Waals surface area contributed by atoms with E-state index in [1.807, 2.05) is 0 Å². The number of carboxylic acids is 3. The lowest BCUT2D eigenvalue weighted by molar-refractivity contribution is -0.368. The van der Waals surface area contributed by atoms with Gasteiger partial charge in [0.2, 0.25) is 5.91 Å². The molecule has 0 radical (unpaired) electrons. The first-order chi connectivity index (χ1) is 33.3. The predicted octanol–water partition coefficient (Wildman–Crippen LogP) is -2.98. The quantitative estimate of drug-likeness (QED) is 0.00614. The van der Waals surface area contributed by atoms with E-state index in [2.05, 4.69) is 48.5 Å². The highest BCUT2D eigenvalue weighted by Crippen LogP contribution is 2.17. The number of hydrogen-bond acceptors (Lipinski definition) is 17. The zero-order valence-corrected chi connectivity index (χ0v) is 39.3. The number of aldehydes is 3. The summed E-state index contributed by atoms with van der Waals surface area (Å²) in [6.45, 7) is 4.31. The molecule has 0 fully saturated rings. The summed E-state index contributed by atoms with van der Waals surface area (Å²) in [5.74, 6) is -9.22. The monoisotopic (exact) mass is 1060 g/mol. The number of amides is 1. The summed E-state index contributed by atoms with van der Waals surface area (Å²) >= 11 is 0. The van der Waals surface area contributed by atoms with Gasteiger partial charge in [0.1, 0.15) is 61.0 Å². The number of ether oxygens (including phenoxy) is 3. The number of carbonyl (C=O) groups excluding carboxylic acids is 7. The third kappa shape index (κ3) is 48.6. The Morgan fingerprint density at radius 3 is 1.07 bits per heavy atom. The predicted molar refractivity (Wildman–Crippen MR) is 222 cm³/mol. The van der Waals surface area contributed by atoms with Gasteiger partial charge in [0, 0.05) is 76.0 Å². The van der Waals surface area contributed by atoms with Crippen LogP contribution < -0.4 is 53.8 Å². The van der Waals surface area contributed by atoms with Crippen LogP contribution in [0.5, 0.6) is 0 Å². The zero-order chi connectivity index (χ0) is 55.2. The number of nitrogens with one attached hydrogen (secondary N) is 4. The van der Waals surface area contributed by atoms with Gasteiger partial charge in [-0.2, -0.15) is 39.5 Å². The number of halogens is 9. The number of azide groups is 1. The number of hydrogen-bond donors (Lipinski definition) is 7. The van der Waals surface area contributed by atoms with Gasteiger partial charge < -0.3 is 80.8 Å². The lowest BCUT2D eigenvalue weighted by Gasteiger charge is -2.37. The first-order valence-corrected chi connectivity index (χ1v) is 22.2. The van der Waals surface area contributed by atoms with Crippen LogP contribution in [-0.4, -0.2) is 151 Å². The Kier molecular flexibility index (Phi) is 46.2. The van der Waals surface area contributed by atoms with Crippen molar-refractivity contribution in [1.29, 1.82) is 0 Å². The molecule has 416 valence electrons. The minimum absolute atomic E-state index is 0.0618. The topological polar surface area (TPSA) is 396 Å². The number of unbranched alkanes of at least 4 members (excludes halogenated alkanes) is 7. The van der Waals surface area contributed by atoms with Crippen LogP contribution in [0.2, 0.25) is 0 Å². The van der Waals surface area contributed by atoms with Crippen molar-refractivity contribution < 1.29 is 120 Å². The summed E-state index contributed by atoms with van der Waals surface area (Å²) in [7, 11) is 0. The zero-order valence-electron chi connectivity index (χ0n) is 39.3. The Labute approximate surface area is 403 Å². The summed E-state index contributed by atoms with van der Waals surface area (Å²) in [6, 6.07) is 0. The molecule has 0 aromatic heterocycles. The SMILES string of the molecule is O=C([O-])C(F)(F)F.O=C([O-])C(F)(F)F.O=C([O-])C(F)(F)F.[N-]=[N+]=NCCCCCCCCCCC(=O)NC(COC(CC=O)NCCC[NH3+])(COC(CC=O)NCCC[NH3+])COC(CC=O)NCCC[NH3+]. The fourth-order valence-corrected chi connectivity index (χ4v) is 5.00. The number of alkyl halides is 9. The first kappa shape index (κ1) is 72.7. The van der Waals surface area contributed by atoms with Gasteiger partial charge in [-0.3, -0.25) is 20.7 Å². The second-order valence-electron chi connectivity index (χ2n) is 14.8. The van der Waals surface area contributed by atoms with Gasteiger partial charge in [-0.25, -0.2) is 0 Å². The second-order valence-corrected chi connectivity index (χ2v) is 14.8. The third-order valence-electron chi connectivity index (χ3n) is 8.58. The highest BCUT2D eigenvalue weighted by Gasteiger charge is 2.37. The van der Waals surface area contributed by atoms with E-state index < -0.39 is 60.7 Å². The molecule has 0 rings (SSSR count). The molecule has 32 heteroatoms. The molecular weight excluding hydrogens is 987 g/mol. The molecule has 0 saturated carbocycles. The van der Waals surface area contributed by atoms with Crippen molar-refractivity contribution in [1.82, 2.24) is 21.3 Å². The maximum Gasteiger partial charge on any atom is 0.430 e. The molecular formula is C39H69F9N10O13. The van der Waals surface area contributed by atoms with Crippen LogP contribution >= 0.6 is 0 Å². The second kappa shape index (κ2) is 45.1. The molecule has 0 bridgehead atoms. The van der Waals surface area contributed by atoms with Crippen LogP contribution in [0.15, 0.2) is 5.11 Å². The van der Waals surface area contributed by atoms with Gasteiger partial charge in [-0.1, -0.05) is 43.6 Å². The van der Waals surface area contributed by atoms with Crippen molar-refractivity contribution in [2.45, 2.75) is 139 Å². The molecule has 0 spiro atoms. The van der Waals surface area contributed by atoms with Crippen molar-refractivity contribution >= 4 is 42.7 Å². The Morgan fingerprint density at radius 1 is 0.535 bits per heavy atom. The molecule has 23 nitrogen and oxygen atoms in total. The van der Waals surface area contributed by atoms with Gasteiger partial charge >= 0.3 is 18.5 Å². The lowest BCUT2D eigenvalue weighted by Crippen LogP contribution is -2.61. The third-order valence-corrected chi connectivity index (χ3v) is 8.58. The van der Waals surface area contributed by atoms with Crippen molar-refractivity contribution in [3.8, 4) is 0 Å². The standard InChI is InChI=1S/C33H66N10O7.3C2HF3O2/c34-16-9-19-38-30(13-23-44)48-26-33(27-49-31(14-24-45)39-20-10-17-35,28-50-32(15-25-46)40-21-11-18-36)42-29(47)12-7-5-3-1-2-4-6-8-22-41-43-37;3*3-2(4,5)1(6)7/h23-25,30-32,38-40H,1-22,26-28,34-36H2,(H,42,47);3*(H,6,7). The number of aliphatic carboxylic acids is 3. The molecule has 13 N–H and O–H groups in total. The number of carbonyl (C=O) groups is 7. The first-order valence-electron chi connectivity index (χ1n) is 22.2. The molecule has 71 heavy (non-hydrogen) atoms. The van der Waals surface area contributed by atoms with E-state index in [0.29, 0.717) is 32.6 Å². The van der Waals surface area contributed by atoms with Crippen LogP contribution in [0.4, 0.5) is 39.5 Å². The fraction of sp³-hybridized carbons (Fsp3) is 0.821. The summed E-state index contributed by atoms with van der Waals surface area (Å²) in [6.07, 6.45) is -4.36. The van der Waals surface area contributed by atoms with Gasteiger partial charge in [0.25, 0.3) is 0 Å². The van der Waals surface area contributed by atoms with E-state index >= 15 is 0 Å². The summed E-state index contributed by atoms with van der Waals surface area (Å²) in [5.41, 5.74) is 18.7. The molecule has 3 atom stereocenters. The summed E-state index contributed by atoms with van der Waals surface area (Å²) in [4.78, 5) is 77.1. The Hall–Kier alpha value is -4.79. The van der Waals surface area contributed by atoms with Crippen molar-refractivity contribution in [3.63, 3.8) is 0 Å². The Balaban J connectivity index is -0.000000876. The number of quaternary nitrogens is 3. The molecule has 0 aliphatic rings. The largest absolute Gasteiger partial charge is 0.542 e. The molecule has 3 unspecified atom stereocenters. The average Bonchev–Trinajstić information content (AvgIpc) is 3.28. The minimum atomic E-state index is -5.19. The van der Waals surface area contributed by atoms with E-state index in [0.717, 1.165) is 103 Å². The smallest absolute Gasteiger partial charge is 0.430 e. The van der Waals surface area contributed by atoms with E-state index in [1.54, 1.807) is 0 Å². The number of nitrogens with zero attached hydrogens (tertiary/aromatic N) is 3. The van der Waals surface area contributed by atoms with Crippen molar-refractivity contribution in [2.75, 3.05) is 65.6 Å². The van der Waals surface area contributed by atoms with Crippen LogP contribution in [-0.2, 0) is 47.8 Å². The van der Waals surface area contributed by atoms with Crippen LogP contribution in [0.25, 0.3) is 10.4 Å². The normalized spacial score (nSPS) is 13.4. The lowest BCUT2D eigenvalue weighted by atomic mass is 10.0. The molecule has 1 amide bonds. The van der Waals surface area contributed by atoms with E-state index in [4.69, 9.17) is 49.4 Å². The van der Waals surface area contributed by atoms with E-state index in [1.165, 1.54) is 0 Å². The highest BCUT2D eigenvalue weighted by atomic mass is 19.4. The Bertz CT molecular complexity index is 1360. The maximum absolute atomic E-state index is 13.5. The molecule has 0 aliphatic carbocycles. The molecule has 0 heterocycles. The van der Waals surface area contributed by atoms with Crippen LogP contribution in [0.3, 0.4) is 0 Å². The Morgan fingerprint density at radius 2 is 0.817 bits per heavy atom. The summed E-state index contributed by atoms with van der Waals surface area (Å²) in [5, 5.41) is 42.7. The highest BCUT2D eigenvalue weighted by molar-refractivity contribution is 5.77. The van der Waals surface area contributed by atoms with Gasteiger partial charge in [-0.15, -0.1) is 0 Å². The molecule has 0 saturated heterocycles.